The van der Waals surface area contributed by atoms with Crippen molar-refractivity contribution in [2.45, 2.75) is 129 Å². The summed E-state index contributed by atoms with van der Waals surface area (Å²) in [6, 6.07) is 0. The van der Waals surface area contributed by atoms with Gasteiger partial charge in [0.15, 0.2) is 6.10 Å². The zero-order chi connectivity index (χ0) is 23.4. The van der Waals surface area contributed by atoms with Crippen LogP contribution in [-0.2, 0) is 14.3 Å². The minimum Gasteiger partial charge on any atom is -0.544 e. The highest BCUT2D eigenvalue weighted by atomic mass is 16.5. The number of rotatable bonds is 22. The lowest BCUT2D eigenvalue weighted by Crippen LogP contribution is -2.52. The smallest absolute Gasteiger partial charge is 0.303 e. The molecule has 0 spiro atoms. The van der Waals surface area contributed by atoms with Crippen molar-refractivity contribution >= 4 is 11.9 Å². The summed E-state index contributed by atoms with van der Waals surface area (Å²) in [4.78, 5) is 22.3. The van der Waals surface area contributed by atoms with Crippen LogP contribution in [-0.4, -0.2) is 49.7 Å². The van der Waals surface area contributed by atoms with E-state index in [9.17, 15) is 14.7 Å². The van der Waals surface area contributed by atoms with E-state index in [1.807, 2.05) is 14.1 Å². The van der Waals surface area contributed by atoms with Gasteiger partial charge in [0.1, 0.15) is 13.1 Å². The van der Waals surface area contributed by atoms with Crippen molar-refractivity contribution in [3.8, 4) is 0 Å². The molecule has 184 valence electrons. The third kappa shape index (κ3) is 21.9. The third-order valence-electron chi connectivity index (χ3n) is 5.97. The molecule has 0 aliphatic heterocycles. The molecule has 5 nitrogen and oxygen atoms in total. The van der Waals surface area contributed by atoms with Crippen molar-refractivity contribution in [1.29, 1.82) is 0 Å². The maximum absolute atomic E-state index is 11.4. The predicted molar refractivity (Wildman–Crippen MR) is 127 cm³/mol. The number of carboxylic acids is 1. The Bertz CT molecular complexity index is 451. The van der Waals surface area contributed by atoms with Crippen LogP contribution in [0.1, 0.15) is 123 Å². The average molecular weight is 442 g/mol. The van der Waals surface area contributed by atoms with Gasteiger partial charge < -0.3 is 19.1 Å². The largest absolute Gasteiger partial charge is 0.544 e. The number of hydrogen-bond donors (Lipinski definition) is 0. The van der Waals surface area contributed by atoms with Gasteiger partial charge in [-0.3, -0.25) is 4.79 Å². The van der Waals surface area contributed by atoms with Crippen LogP contribution in [0.15, 0.2) is 0 Å². The summed E-state index contributed by atoms with van der Waals surface area (Å²) in [5, 5.41) is 10.9. The van der Waals surface area contributed by atoms with Gasteiger partial charge in [0.2, 0.25) is 0 Å². The van der Waals surface area contributed by atoms with E-state index in [-0.39, 0.29) is 23.1 Å². The zero-order valence-corrected chi connectivity index (χ0v) is 21.1. The Labute approximate surface area is 192 Å². The molecule has 0 aromatic carbocycles. The normalized spacial score (nSPS) is 12.6. The van der Waals surface area contributed by atoms with Crippen molar-refractivity contribution in [3.63, 3.8) is 0 Å². The van der Waals surface area contributed by atoms with Crippen LogP contribution in [0.3, 0.4) is 0 Å². The number of hydrogen-bond acceptors (Lipinski definition) is 4. The zero-order valence-electron chi connectivity index (χ0n) is 21.1. The summed E-state index contributed by atoms with van der Waals surface area (Å²) < 4.78 is 5.69. The Morgan fingerprint density at radius 2 is 1.13 bits per heavy atom. The van der Waals surface area contributed by atoms with E-state index in [2.05, 4.69) is 6.92 Å². The highest BCUT2D eigenvalue weighted by Crippen LogP contribution is 2.16. The number of likely N-dealkylation sites (N-methyl/N-ethyl adjacent to an activating group) is 1. The molecule has 0 saturated carbocycles. The fraction of sp³-hybridized carbons (Fsp3) is 0.923. The number of nitrogens with zero attached hydrogens (tertiary/aromatic N) is 1. The van der Waals surface area contributed by atoms with E-state index in [1.165, 1.54) is 96.8 Å². The van der Waals surface area contributed by atoms with Gasteiger partial charge in [0.25, 0.3) is 0 Å². The molecule has 0 aliphatic carbocycles. The van der Waals surface area contributed by atoms with E-state index in [4.69, 9.17) is 4.74 Å². The third-order valence-corrected chi connectivity index (χ3v) is 5.97. The fourth-order valence-electron chi connectivity index (χ4n) is 4.31. The first-order valence-electron chi connectivity index (χ1n) is 13.0. The quantitative estimate of drug-likeness (QED) is 0.128. The van der Waals surface area contributed by atoms with Gasteiger partial charge in [-0.1, -0.05) is 103 Å². The summed E-state index contributed by atoms with van der Waals surface area (Å²) in [7, 11) is 3.67. The van der Waals surface area contributed by atoms with Crippen molar-refractivity contribution < 1.29 is 23.9 Å². The molecule has 5 heteroatoms. The maximum Gasteiger partial charge on any atom is 0.303 e. The van der Waals surface area contributed by atoms with Gasteiger partial charge in [0, 0.05) is 6.92 Å². The Balaban J connectivity index is 3.64. The van der Waals surface area contributed by atoms with E-state index in [0.29, 0.717) is 6.54 Å². The molecule has 0 aliphatic rings. The molecular weight excluding hydrogens is 390 g/mol. The first-order valence-corrected chi connectivity index (χ1v) is 13.0. The number of ether oxygens (including phenoxy) is 1. The second-order valence-corrected chi connectivity index (χ2v) is 9.97. The van der Waals surface area contributed by atoms with Crippen LogP contribution in [0.2, 0.25) is 0 Å². The van der Waals surface area contributed by atoms with Crippen LogP contribution in [0.4, 0.5) is 0 Å². The van der Waals surface area contributed by atoms with Crippen LogP contribution in [0.25, 0.3) is 0 Å². The van der Waals surface area contributed by atoms with Crippen LogP contribution in [0, 0.1) is 0 Å². The van der Waals surface area contributed by atoms with Gasteiger partial charge in [-0.2, -0.15) is 0 Å². The summed E-state index contributed by atoms with van der Waals surface area (Å²) in [5.74, 6) is -1.37. The number of carboxylic acid groups (broad SMARTS) is 1. The molecule has 0 amide bonds. The number of quaternary nitrogens is 1. The van der Waals surface area contributed by atoms with Crippen LogP contribution in [0.5, 0.6) is 0 Å². The van der Waals surface area contributed by atoms with Crippen molar-refractivity contribution in [2.75, 3.05) is 27.2 Å². The minimum absolute atomic E-state index is 0.0727. The minimum atomic E-state index is -1.08. The van der Waals surface area contributed by atoms with Crippen molar-refractivity contribution in [2.24, 2.45) is 0 Å². The van der Waals surface area contributed by atoms with Gasteiger partial charge in [-0.05, 0) is 12.8 Å². The van der Waals surface area contributed by atoms with E-state index < -0.39 is 5.97 Å². The van der Waals surface area contributed by atoms with E-state index in [0.717, 1.165) is 19.3 Å². The van der Waals surface area contributed by atoms with Gasteiger partial charge in [-0.15, -0.1) is 0 Å². The maximum atomic E-state index is 11.4. The van der Waals surface area contributed by atoms with Crippen LogP contribution < -0.4 is 5.11 Å². The fourth-order valence-corrected chi connectivity index (χ4v) is 4.31. The van der Waals surface area contributed by atoms with E-state index >= 15 is 0 Å². The predicted octanol–water partition coefficient (Wildman–Crippen LogP) is 5.40. The standard InChI is InChI=1S/C26H51NO4/c1-5-6-7-8-9-10-11-12-13-14-15-16-17-18-19-20-21-25(31-24(2)28)22-27(3,4)23-26(29)30/h25H,5-23H2,1-4H3. The first kappa shape index (κ1) is 29.9. The number of carbonyl (C=O) groups excluding carboxylic acids is 2. The summed E-state index contributed by atoms with van der Waals surface area (Å²) >= 11 is 0. The molecule has 0 rings (SSSR count). The monoisotopic (exact) mass is 441 g/mol. The number of esters is 1. The second-order valence-electron chi connectivity index (χ2n) is 9.97. The summed E-state index contributed by atoms with van der Waals surface area (Å²) in [6.45, 7) is 4.12. The average Bonchev–Trinajstić information content (AvgIpc) is 2.65. The molecule has 0 N–H and O–H groups in total. The van der Waals surface area contributed by atoms with Gasteiger partial charge in [-0.25, -0.2) is 0 Å². The topological polar surface area (TPSA) is 66.4 Å². The second kappa shape index (κ2) is 19.6. The Hall–Kier alpha value is -1.10. The molecule has 0 aromatic rings. The molecule has 0 radical (unpaired) electrons. The molecule has 0 aromatic heterocycles. The Kier molecular flexibility index (Phi) is 18.9. The van der Waals surface area contributed by atoms with E-state index in [1.54, 1.807) is 0 Å². The molecule has 0 bridgehead atoms. The Morgan fingerprint density at radius 1 is 0.742 bits per heavy atom. The lowest BCUT2D eigenvalue weighted by Gasteiger charge is -2.33. The highest BCUT2D eigenvalue weighted by molar-refractivity contribution is 5.66. The SMILES string of the molecule is CCCCCCCCCCCCCCCCCCC(C[N+](C)(C)CC(=O)[O-])OC(C)=O. The molecule has 1 atom stereocenters. The molecule has 1 unspecified atom stereocenters. The van der Waals surface area contributed by atoms with Crippen LogP contribution >= 0.6 is 0 Å². The Morgan fingerprint density at radius 3 is 1.48 bits per heavy atom. The number of unbranched alkanes of at least 4 members (excludes halogenated alkanes) is 15. The lowest BCUT2D eigenvalue weighted by atomic mass is 10.0. The number of carbonyl (C=O) groups is 2. The molecule has 0 fully saturated rings. The summed E-state index contributed by atoms with van der Waals surface area (Å²) in [5.41, 5.74) is 0. The molecule has 0 heterocycles. The molecule has 31 heavy (non-hydrogen) atoms. The van der Waals surface area contributed by atoms with Crippen molar-refractivity contribution in [3.05, 3.63) is 0 Å². The van der Waals surface area contributed by atoms with Crippen molar-refractivity contribution in [1.82, 2.24) is 0 Å². The lowest BCUT2D eigenvalue weighted by molar-refractivity contribution is -0.887. The highest BCUT2D eigenvalue weighted by Gasteiger charge is 2.24. The first-order chi connectivity index (χ1) is 14.8. The van der Waals surface area contributed by atoms with Gasteiger partial charge >= 0.3 is 5.97 Å². The van der Waals surface area contributed by atoms with Gasteiger partial charge in [0.05, 0.1) is 20.1 Å². The summed E-state index contributed by atoms with van der Waals surface area (Å²) in [6.07, 6.45) is 21.9. The molecule has 0 saturated heterocycles. The molecular formula is C26H51NO4. The number of aliphatic carboxylic acids is 1.